The minimum Gasteiger partial charge on any atom is -0.308 e. The molecule has 1 aliphatic carbocycles. The van der Waals surface area contributed by atoms with Gasteiger partial charge in [-0.2, -0.15) is 0 Å². The van der Waals surface area contributed by atoms with Gasteiger partial charge in [0.15, 0.2) is 0 Å². The average Bonchev–Trinajstić information content (AvgIpc) is 2.73. The summed E-state index contributed by atoms with van der Waals surface area (Å²) in [7, 11) is 0. The van der Waals surface area contributed by atoms with E-state index in [1.54, 1.807) is 0 Å². The summed E-state index contributed by atoms with van der Waals surface area (Å²) in [5, 5.41) is 4.91. The van der Waals surface area contributed by atoms with Crippen LogP contribution in [0.15, 0.2) is 6.20 Å². The summed E-state index contributed by atoms with van der Waals surface area (Å²) in [6.45, 7) is 7.79. The predicted octanol–water partition coefficient (Wildman–Crippen LogP) is 3.76. The lowest BCUT2D eigenvalue weighted by Gasteiger charge is -2.32. The zero-order valence-corrected chi connectivity index (χ0v) is 12.0. The van der Waals surface area contributed by atoms with Crippen LogP contribution in [-0.4, -0.2) is 11.0 Å². The molecule has 1 aliphatic rings. The van der Waals surface area contributed by atoms with Gasteiger partial charge >= 0.3 is 0 Å². The molecule has 0 amide bonds. The van der Waals surface area contributed by atoms with E-state index in [2.05, 4.69) is 31.1 Å². The molecule has 0 saturated heterocycles. The quantitative estimate of drug-likeness (QED) is 0.882. The van der Waals surface area contributed by atoms with Crippen LogP contribution in [0.25, 0.3) is 0 Å². The number of hydrogen-bond acceptors (Lipinski definition) is 3. The van der Waals surface area contributed by atoms with Crippen molar-refractivity contribution < 1.29 is 0 Å². The number of hydrogen-bond donors (Lipinski definition) is 1. The molecule has 1 aromatic heterocycles. The van der Waals surface area contributed by atoms with E-state index in [4.69, 9.17) is 0 Å². The lowest BCUT2D eigenvalue weighted by Crippen LogP contribution is -2.35. The fraction of sp³-hybridized carbons (Fsp3) is 0.786. The van der Waals surface area contributed by atoms with E-state index in [0.717, 1.165) is 18.4 Å². The van der Waals surface area contributed by atoms with Crippen molar-refractivity contribution in [3.05, 3.63) is 16.1 Å². The Hall–Kier alpha value is -0.410. The van der Waals surface area contributed by atoms with Gasteiger partial charge in [0.05, 0.1) is 0 Å². The maximum absolute atomic E-state index is 4.41. The van der Waals surface area contributed by atoms with Gasteiger partial charge in [-0.1, -0.05) is 26.7 Å². The summed E-state index contributed by atoms with van der Waals surface area (Å²) >= 11 is 1.81. The van der Waals surface area contributed by atoms with E-state index in [1.807, 2.05) is 17.5 Å². The summed E-state index contributed by atoms with van der Waals surface area (Å²) in [5.74, 6) is 1.75. The van der Waals surface area contributed by atoms with E-state index in [0.29, 0.717) is 6.04 Å². The molecule has 0 radical (unpaired) electrons. The van der Waals surface area contributed by atoms with Crippen LogP contribution in [0, 0.1) is 18.8 Å². The largest absolute Gasteiger partial charge is 0.308 e. The lowest BCUT2D eigenvalue weighted by molar-refractivity contribution is 0.231. The van der Waals surface area contributed by atoms with E-state index in [1.165, 1.54) is 35.6 Å². The summed E-state index contributed by atoms with van der Waals surface area (Å²) in [4.78, 5) is 5.72. The molecule has 2 rings (SSSR count). The molecular weight excluding hydrogens is 228 g/mol. The van der Waals surface area contributed by atoms with Crippen molar-refractivity contribution in [1.82, 2.24) is 10.3 Å². The van der Waals surface area contributed by atoms with Crippen molar-refractivity contribution in [3.8, 4) is 0 Å². The van der Waals surface area contributed by atoms with E-state index in [9.17, 15) is 0 Å². The van der Waals surface area contributed by atoms with E-state index >= 15 is 0 Å². The monoisotopic (exact) mass is 252 g/mol. The number of thiazole rings is 1. The van der Waals surface area contributed by atoms with Gasteiger partial charge in [-0.25, -0.2) is 4.98 Å². The Balaban J connectivity index is 1.79. The van der Waals surface area contributed by atoms with E-state index < -0.39 is 0 Å². The van der Waals surface area contributed by atoms with Gasteiger partial charge in [-0.3, -0.25) is 0 Å². The third-order valence-corrected chi connectivity index (χ3v) is 4.78. The normalized spacial score (nSPS) is 25.4. The molecule has 3 heteroatoms. The Morgan fingerprint density at radius 3 is 2.94 bits per heavy atom. The highest BCUT2D eigenvalue weighted by Crippen LogP contribution is 2.30. The summed E-state index contributed by atoms with van der Waals surface area (Å²) in [5.41, 5.74) is 0. The number of aromatic nitrogens is 1. The minimum atomic E-state index is 0.709. The molecule has 0 spiro atoms. The summed E-state index contributed by atoms with van der Waals surface area (Å²) < 4.78 is 0. The zero-order chi connectivity index (χ0) is 12.3. The predicted molar refractivity (Wildman–Crippen MR) is 74.3 cm³/mol. The molecule has 2 unspecified atom stereocenters. The first-order chi connectivity index (χ1) is 8.15. The molecule has 1 aromatic rings. The van der Waals surface area contributed by atoms with Crippen LogP contribution in [0.5, 0.6) is 0 Å². The molecule has 17 heavy (non-hydrogen) atoms. The highest BCUT2D eigenvalue weighted by atomic mass is 32.1. The number of nitrogens with zero attached hydrogens (tertiary/aromatic N) is 1. The second kappa shape index (κ2) is 5.96. The fourth-order valence-electron chi connectivity index (χ4n) is 2.73. The van der Waals surface area contributed by atoms with Crippen molar-refractivity contribution >= 4 is 11.3 Å². The van der Waals surface area contributed by atoms with Crippen LogP contribution in [0.3, 0.4) is 0 Å². The molecular formula is C14H24N2S. The standard InChI is InChI=1S/C14H24N2S/c1-10(2)12-5-4-6-13(7-12)15-9-14-16-8-11(3)17-14/h8,10,12-13,15H,4-7,9H2,1-3H3. The first kappa shape index (κ1) is 13.0. The summed E-state index contributed by atoms with van der Waals surface area (Å²) in [6, 6.07) is 0.709. The Morgan fingerprint density at radius 1 is 1.47 bits per heavy atom. The van der Waals surface area contributed by atoms with Gasteiger partial charge in [-0.15, -0.1) is 11.3 Å². The van der Waals surface area contributed by atoms with Crippen molar-refractivity contribution in [3.63, 3.8) is 0 Å². The highest BCUT2D eigenvalue weighted by Gasteiger charge is 2.23. The molecule has 96 valence electrons. The SMILES string of the molecule is Cc1cnc(CNC2CCCC(C(C)C)C2)s1. The smallest absolute Gasteiger partial charge is 0.107 e. The maximum Gasteiger partial charge on any atom is 0.107 e. The molecule has 0 aromatic carbocycles. The zero-order valence-electron chi connectivity index (χ0n) is 11.2. The van der Waals surface area contributed by atoms with Gasteiger partial charge in [-0.05, 0) is 31.6 Å². The van der Waals surface area contributed by atoms with Crippen LogP contribution in [0.2, 0.25) is 0 Å². The molecule has 2 nitrogen and oxygen atoms in total. The number of aryl methyl sites for hydroxylation is 1. The lowest BCUT2D eigenvalue weighted by atomic mass is 9.79. The molecule has 0 bridgehead atoms. The second-order valence-corrected chi connectivity index (χ2v) is 6.93. The Bertz CT molecular complexity index is 346. The first-order valence-corrected chi connectivity index (χ1v) is 7.61. The Morgan fingerprint density at radius 2 is 2.29 bits per heavy atom. The van der Waals surface area contributed by atoms with Gasteiger partial charge < -0.3 is 5.32 Å². The van der Waals surface area contributed by atoms with Gasteiger partial charge in [0.1, 0.15) is 5.01 Å². The molecule has 1 heterocycles. The van der Waals surface area contributed by atoms with Crippen LogP contribution >= 0.6 is 11.3 Å². The molecule has 1 fully saturated rings. The van der Waals surface area contributed by atoms with Crippen LogP contribution in [0.4, 0.5) is 0 Å². The molecule has 0 aliphatic heterocycles. The van der Waals surface area contributed by atoms with Crippen LogP contribution < -0.4 is 5.32 Å². The Kier molecular flexibility index (Phi) is 4.57. The highest BCUT2D eigenvalue weighted by molar-refractivity contribution is 7.11. The third-order valence-electron chi connectivity index (χ3n) is 3.87. The average molecular weight is 252 g/mol. The summed E-state index contributed by atoms with van der Waals surface area (Å²) in [6.07, 6.45) is 7.47. The van der Waals surface area contributed by atoms with Crippen molar-refractivity contribution in [1.29, 1.82) is 0 Å². The van der Waals surface area contributed by atoms with Gasteiger partial charge in [0.2, 0.25) is 0 Å². The third kappa shape index (κ3) is 3.78. The molecule has 2 atom stereocenters. The number of rotatable bonds is 4. The fourth-order valence-corrected chi connectivity index (χ4v) is 3.47. The van der Waals surface area contributed by atoms with Crippen molar-refractivity contribution in [2.24, 2.45) is 11.8 Å². The maximum atomic E-state index is 4.41. The van der Waals surface area contributed by atoms with Crippen molar-refractivity contribution in [2.75, 3.05) is 0 Å². The molecule has 1 saturated carbocycles. The first-order valence-electron chi connectivity index (χ1n) is 6.80. The van der Waals surface area contributed by atoms with Crippen LogP contribution in [-0.2, 0) is 6.54 Å². The minimum absolute atomic E-state index is 0.709. The van der Waals surface area contributed by atoms with Gasteiger partial charge in [0.25, 0.3) is 0 Å². The van der Waals surface area contributed by atoms with E-state index in [-0.39, 0.29) is 0 Å². The van der Waals surface area contributed by atoms with Gasteiger partial charge in [0, 0.05) is 23.7 Å². The topological polar surface area (TPSA) is 24.9 Å². The van der Waals surface area contributed by atoms with Crippen molar-refractivity contribution in [2.45, 2.75) is 59.0 Å². The Labute approximate surface area is 109 Å². The second-order valence-electron chi connectivity index (χ2n) is 5.61. The van der Waals surface area contributed by atoms with Crippen LogP contribution in [0.1, 0.15) is 49.4 Å². The number of nitrogens with one attached hydrogen (secondary N) is 1. The molecule has 1 N–H and O–H groups in total.